The van der Waals surface area contributed by atoms with E-state index in [1.165, 1.54) is 18.4 Å². The molecule has 0 atom stereocenters. The molecule has 1 aliphatic rings. The summed E-state index contributed by atoms with van der Waals surface area (Å²) in [5, 5.41) is 9.49. The van der Waals surface area contributed by atoms with E-state index in [4.69, 9.17) is 11.6 Å². The molecule has 2 aromatic rings. The Morgan fingerprint density at radius 3 is 2.88 bits per heavy atom. The van der Waals surface area contributed by atoms with Crippen molar-refractivity contribution in [2.45, 2.75) is 18.8 Å². The second-order valence-electron chi connectivity index (χ2n) is 4.68. The maximum absolute atomic E-state index is 6.25. The van der Waals surface area contributed by atoms with E-state index >= 15 is 0 Å². The molecule has 1 aliphatic heterocycles. The first-order chi connectivity index (χ1) is 8.27. The third-order valence-electron chi connectivity index (χ3n) is 3.65. The van der Waals surface area contributed by atoms with Crippen LogP contribution in [0.3, 0.4) is 0 Å². The number of halogens is 1. The number of piperidine rings is 1. The molecule has 1 aromatic heterocycles. The molecule has 1 saturated heterocycles. The van der Waals surface area contributed by atoms with Crippen LogP contribution in [-0.4, -0.2) is 22.9 Å². The molecular formula is C13H16ClN3. The van der Waals surface area contributed by atoms with Gasteiger partial charge in [0.1, 0.15) is 0 Å². The van der Waals surface area contributed by atoms with E-state index < -0.39 is 0 Å². The summed E-state index contributed by atoms with van der Waals surface area (Å²) in [5.41, 5.74) is 2.49. The van der Waals surface area contributed by atoms with Gasteiger partial charge in [0.25, 0.3) is 0 Å². The van der Waals surface area contributed by atoms with Crippen LogP contribution in [0.25, 0.3) is 10.9 Å². The smallest absolute Gasteiger partial charge is 0.159 e. The zero-order valence-corrected chi connectivity index (χ0v) is 10.7. The lowest BCUT2D eigenvalue weighted by Crippen LogP contribution is -2.26. The van der Waals surface area contributed by atoms with Gasteiger partial charge in [0.15, 0.2) is 5.15 Å². The monoisotopic (exact) mass is 249 g/mol. The largest absolute Gasteiger partial charge is 0.317 e. The molecule has 1 N–H and O–H groups in total. The minimum atomic E-state index is 0.613. The fourth-order valence-electron chi connectivity index (χ4n) is 2.76. The minimum Gasteiger partial charge on any atom is -0.317 e. The molecule has 0 radical (unpaired) electrons. The second kappa shape index (κ2) is 4.31. The highest BCUT2D eigenvalue weighted by atomic mass is 35.5. The molecule has 3 nitrogen and oxygen atoms in total. The van der Waals surface area contributed by atoms with Gasteiger partial charge in [-0.1, -0.05) is 23.7 Å². The summed E-state index contributed by atoms with van der Waals surface area (Å²) >= 11 is 6.25. The Hall–Kier alpha value is -1.06. The van der Waals surface area contributed by atoms with Gasteiger partial charge < -0.3 is 5.32 Å². The molecule has 1 aromatic carbocycles. The van der Waals surface area contributed by atoms with Gasteiger partial charge in [0, 0.05) is 12.4 Å². The average Bonchev–Trinajstić information content (AvgIpc) is 2.66. The fraction of sp³-hybridized carbons (Fsp3) is 0.462. The minimum absolute atomic E-state index is 0.613. The number of aryl methyl sites for hydroxylation is 1. The van der Waals surface area contributed by atoms with Crippen LogP contribution in [0.2, 0.25) is 5.15 Å². The molecule has 90 valence electrons. The fourth-order valence-corrected chi connectivity index (χ4v) is 3.08. The maximum Gasteiger partial charge on any atom is 0.159 e. The van der Waals surface area contributed by atoms with Gasteiger partial charge in [0.2, 0.25) is 0 Å². The van der Waals surface area contributed by atoms with E-state index in [1.807, 2.05) is 11.7 Å². The van der Waals surface area contributed by atoms with Crippen LogP contribution in [0.4, 0.5) is 0 Å². The number of nitrogens with zero attached hydrogens (tertiary/aromatic N) is 2. The summed E-state index contributed by atoms with van der Waals surface area (Å²) in [4.78, 5) is 0. The van der Waals surface area contributed by atoms with Gasteiger partial charge in [0.05, 0.1) is 5.52 Å². The molecule has 0 saturated carbocycles. The van der Waals surface area contributed by atoms with E-state index in [-0.39, 0.29) is 0 Å². The van der Waals surface area contributed by atoms with Crippen molar-refractivity contribution >= 4 is 22.5 Å². The van der Waals surface area contributed by atoms with E-state index in [0.717, 1.165) is 24.0 Å². The van der Waals surface area contributed by atoms with Crippen LogP contribution in [-0.2, 0) is 7.05 Å². The molecule has 17 heavy (non-hydrogen) atoms. The lowest BCUT2D eigenvalue weighted by atomic mass is 9.88. The highest BCUT2D eigenvalue weighted by molar-refractivity contribution is 6.34. The number of fused-ring (bicyclic) bond motifs is 1. The molecule has 0 aliphatic carbocycles. The van der Waals surface area contributed by atoms with Crippen LogP contribution in [0.15, 0.2) is 18.2 Å². The van der Waals surface area contributed by atoms with Gasteiger partial charge in [-0.2, -0.15) is 5.10 Å². The van der Waals surface area contributed by atoms with Gasteiger partial charge in [-0.15, -0.1) is 0 Å². The van der Waals surface area contributed by atoms with Gasteiger partial charge >= 0.3 is 0 Å². The van der Waals surface area contributed by atoms with Crippen molar-refractivity contribution in [2.75, 3.05) is 13.1 Å². The quantitative estimate of drug-likeness (QED) is 0.842. The molecule has 3 rings (SSSR count). The van der Waals surface area contributed by atoms with Crippen molar-refractivity contribution in [1.82, 2.24) is 15.1 Å². The summed E-state index contributed by atoms with van der Waals surface area (Å²) in [6.07, 6.45) is 2.37. The molecule has 1 fully saturated rings. The lowest BCUT2D eigenvalue weighted by molar-refractivity contribution is 0.462. The SMILES string of the molecule is Cn1nc(Cl)c2c(C3CCNCC3)cccc21. The van der Waals surface area contributed by atoms with Crippen molar-refractivity contribution in [3.05, 3.63) is 28.9 Å². The molecule has 4 heteroatoms. The zero-order chi connectivity index (χ0) is 11.8. The number of aromatic nitrogens is 2. The van der Waals surface area contributed by atoms with E-state index in [2.05, 4.69) is 28.6 Å². The number of benzene rings is 1. The van der Waals surface area contributed by atoms with E-state index in [9.17, 15) is 0 Å². The molecule has 0 unspecified atom stereocenters. The van der Waals surface area contributed by atoms with Crippen molar-refractivity contribution in [1.29, 1.82) is 0 Å². The van der Waals surface area contributed by atoms with Crippen LogP contribution in [0.5, 0.6) is 0 Å². The Morgan fingerprint density at radius 2 is 2.12 bits per heavy atom. The van der Waals surface area contributed by atoms with Crippen molar-refractivity contribution in [3.63, 3.8) is 0 Å². The maximum atomic E-state index is 6.25. The predicted molar refractivity (Wildman–Crippen MR) is 70.6 cm³/mol. The van der Waals surface area contributed by atoms with Crippen LogP contribution in [0, 0.1) is 0 Å². The Labute approximate surface area is 106 Å². The summed E-state index contributed by atoms with van der Waals surface area (Å²) in [6, 6.07) is 6.39. The zero-order valence-electron chi connectivity index (χ0n) is 9.91. The average molecular weight is 250 g/mol. The molecule has 0 spiro atoms. The van der Waals surface area contributed by atoms with Crippen LogP contribution >= 0.6 is 11.6 Å². The first kappa shape index (κ1) is 11.1. The number of hydrogen-bond acceptors (Lipinski definition) is 2. The normalized spacial score (nSPS) is 17.8. The second-order valence-corrected chi connectivity index (χ2v) is 5.04. The van der Waals surface area contributed by atoms with Crippen LogP contribution in [0.1, 0.15) is 24.3 Å². The summed E-state index contributed by atoms with van der Waals surface area (Å²) < 4.78 is 1.86. The Balaban J connectivity index is 2.15. The number of rotatable bonds is 1. The molecule has 0 bridgehead atoms. The van der Waals surface area contributed by atoms with Crippen molar-refractivity contribution in [2.24, 2.45) is 7.05 Å². The molecule has 2 heterocycles. The first-order valence-corrected chi connectivity index (χ1v) is 6.47. The Morgan fingerprint density at radius 1 is 1.35 bits per heavy atom. The van der Waals surface area contributed by atoms with Crippen molar-refractivity contribution < 1.29 is 0 Å². The van der Waals surface area contributed by atoms with Crippen molar-refractivity contribution in [3.8, 4) is 0 Å². The molecule has 0 amide bonds. The van der Waals surface area contributed by atoms with E-state index in [1.54, 1.807) is 0 Å². The van der Waals surface area contributed by atoms with Crippen LogP contribution < -0.4 is 5.32 Å². The third kappa shape index (κ3) is 1.83. The number of hydrogen-bond donors (Lipinski definition) is 1. The summed E-state index contributed by atoms with van der Waals surface area (Å²) in [6.45, 7) is 2.19. The first-order valence-electron chi connectivity index (χ1n) is 6.09. The molecular weight excluding hydrogens is 234 g/mol. The highest BCUT2D eigenvalue weighted by Gasteiger charge is 2.20. The van der Waals surface area contributed by atoms with E-state index in [0.29, 0.717) is 11.1 Å². The highest BCUT2D eigenvalue weighted by Crippen LogP contribution is 2.34. The van der Waals surface area contributed by atoms with Gasteiger partial charge in [-0.05, 0) is 43.5 Å². The standard InChI is InChI=1S/C13H16ClN3/c1-17-11-4-2-3-10(12(11)13(14)16-17)9-5-7-15-8-6-9/h2-4,9,15H,5-8H2,1H3. The van der Waals surface area contributed by atoms with Gasteiger partial charge in [-0.25, -0.2) is 0 Å². The summed E-state index contributed by atoms with van der Waals surface area (Å²) in [7, 11) is 1.94. The third-order valence-corrected chi connectivity index (χ3v) is 3.91. The summed E-state index contributed by atoms with van der Waals surface area (Å²) in [5.74, 6) is 0.613. The Bertz CT molecular complexity index is 541. The Kier molecular flexibility index (Phi) is 2.81. The number of nitrogens with one attached hydrogen (secondary N) is 1. The topological polar surface area (TPSA) is 29.9 Å². The predicted octanol–water partition coefficient (Wildman–Crippen LogP) is 2.69. The van der Waals surface area contributed by atoms with Gasteiger partial charge in [-0.3, -0.25) is 4.68 Å². The lowest BCUT2D eigenvalue weighted by Gasteiger charge is -2.23.